The molecule has 1 saturated heterocycles. The van der Waals surface area contributed by atoms with Crippen LogP contribution in [0.5, 0.6) is 0 Å². The van der Waals surface area contributed by atoms with E-state index in [2.05, 4.69) is 5.10 Å². The standard InChI is InChI=1S/C15H22F3N3O/c1-14(2,12-8-19-20(3)10-12)13(22)21-6-4-5-11(9-21)7-15(16,17)18/h8,10-11H,4-7,9H2,1-3H3. The smallest absolute Gasteiger partial charge is 0.342 e. The first-order valence-electron chi connectivity index (χ1n) is 7.45. The Morgan fingerprint density at radius 2 is 2.09 bits per heavy atom. The lowest BCUT2D eigenvalue weighted by atomic mass is 9.83. The molecule has 1 aromatic heterocycles. The number of carbonyl (C=O) groups is 1. The number of aromatic nitrogens is 2. The lowest BCUT2D eigenvalue weighted by Crippen LogP contribution is -2.48. The molecule has 0 saturated carbocycles. The van der Waals surface area contributed by atoms with Crippen LogP contribution in [-0.4, -0.2) is 39.9 Å². The van der Waals surface area contributed by atoms with Gasteiger partial charge in [0.05, 0.1) is 11.6 Å². The molecule has 0 aromatic carbocycles. The molecule has 124 valence electrons. The molecule has 1 aliphatic rings. The third kappa shape index (κ3) is 3.81. The minimum Gasteiger partial charge on any atom is -0.342 e. The van der Waals surface area contributed by atoms with Gasteiger partial charge in [-0.05, 0) is 32.6 Å². The summed E-state index contributed by atoms with van der Waals surface area (Å²) in [5, 5.41) is 4.07. The Balaban J connectivity index is 2.08. The van der Waals surface area contributed by atoms with Crippen molar-refractivity contribution in [1.82, 2.24) is 14.7 Å². The molecule has 22 heavy (non-hydrogen) atoms. The maximum Gasteiger partial charge on any atom is 0.389 e. The number of alkyl halides is 3. The van der Waals surface area contributed by atoms with Crippen molar-refractivity contribution in [2.75, 3.05) is 13.1 Å². The van der Waals surface area contributed by atoms with E-state index >= 15 is 0 Å². The van der Waals surface area contributed by atoms with E-state index < -0.39 is 23.9 Å². The normalized spacial score (nSPS) is 20.3. The number of carbonyl (C=O) groups excluding carboxylic acids is 1. The second-order valence-electron chi connectivity index (χ2n) is 6.61. The van der Waals surface area contributed by atoms with Gasteiger partial charge in [-0.25, -0.2) is 0 Å². The van der Waals surface area contributed by atoms with Crippen molar-refractivity contribution < 1.29 is 18.0 Å². The second kappa shape index (κ2) is 5.93. The lowest BCUT2D eigenvalue weighted by molar-refractivity contribution is -0.154. The third-order valence-electron chi connectivity index (χ3n) is 4.29. The molecule has 1 amide bonds. The van der Waals surface area contributed by atoms with Gasteiger partial charge in [-0.15, -0.1) is 0 Å². The first kappa shape index (κ1) is 16.8. The highest BCUT2D eigenvalue weighted by atomic mass is 19.4. The number of rotatable bonds is 3. The van der Waals surface area contributed by atoms with E-state index in [4.69, 9.17) is 0 Å². The molecule has 0 spiro atoms. The molecule has 0 N–H and O–H groups in total. The molecule has 1 atom stereocenters. The van der Waals surface area contributed by atoms with Gasteiger partial charge in [0, 0.05) is 38.3 Å². The van der Waals surface area contributed by atoms with Gasteiger partial charge in [0.25, 0.3) is 0 Å². The van der Waals surface area contributed by atoms with E-state index in [1.54, 1.807) is 42.9 Å². The first-order chi connectivity index (χ1) is 10.1. The van der Waals surface area contributed by atoms with Crippen molar-refractivity contribution in [2.24, 2.45) is 13.0 Å². The summed E-state index contributed by atoms with van der Waals surface area (Å²) in [6.45, 7) is 4.29. The zero-order valence-electron chi connectivity index (χ0n) is 13.2. The summed E-state index contributed by atoms with van der Waals surface area (Å²) in [5.41, 5.74) is -0.00748. The third-order valence-corrected chi connectivity index (χ3v) is 4.29. The molecule has 1 fully saturated rings. The Bertz CT molecular complexity index is 536. The topological polar surface area (TPSA) is 38.1 Å². The van der Waals surface area contributed by atoms with Crippen LogP contribution in [0.15, 0.2) is 12.4 Å². The first-order valence-corrected chi connectivity index (χ1v) is 7.45. The molecule has 1 aliphatic heterocycles. The minimum atomic E-state index is -4.17. The largest absolute Gasteiger partial charge is 0.389 e. The summed E-state index contributed by atoms with van der Waals surface area (Å²) in [6.07, 6.45) is -0.435. The van der Waals surface area contributed by atoms with Crippen LogP contribution in [0.25, 0.3) is 0 Å². The molecule has 0 bridgehead atoms. The minimum absolute atomic E-state index is 0.132. The Hall–Kier alpha value is -1.53. The fourth-order valence-electron chi connectivity index (χ4n) is 3.01. The molecule has 0 radical (unpaired) electrons. The summed E-state index contributed by atoms with van der Waals surface area (Å²) in [6, 6.07) is 0. The summed E-state index contributed by atoms with van der Waals surface area (Å²) in [7, 11) is 1.77. The van der Waals surface area contributed by atoms with Crippen molar-refractivity contribution in [1.29, 1.82) is 0 Å². The number of hydrogen-bond acceptors (Lipinski definition) is 2. The average Bonchev–Trinajstić information content (AvgIpc) is 2.83. The van der Waals surface area contributed by atoms with E-state index in [1.807, 2.05) is 0 Å². The number of amides is 1. The van der Waals surface area contributed by atoms with E-state index in [0.29, 0.717) is 19.4 Å². The number of aryl methyl sites for hydroxylation is 1. The van der Waals surface area contributed by atoms with Crippen LogP contribution in [0.2, 0.25) is 0 Å². The molecular formula is C15H22F3N3O. The van der Waals surface area contributed by atoms with Gasteiger partial charge in [0.2, 0.25) is 5.91 Å². The van der Waals surface area contributed by atoms with Gasteiger partial charge in [-0.2, -0.15) is 18.3 Å². The van der Waals surface area contributed by atoms with Crippen molar-refractivity contribution in [2.45, 2.75) is 44.7 Å². The predicted molar refractivity (Wildman–Crippen MR) is 76.2 cm³/mol. The van der Waals surface area contributed by atoms with Crippen LogP contribution < -0.4 is 0 Å². The van der Waals surface area contributed by atoms with E-state index in [-0.39, 0.29) is 12.5 Å². The average molecular weight is 317 g/mol. The molecule has 2 heterocycles. The SMILES string of the molecule is Cn1cc(C(C)(C)C(=O)N2CCCC(CC(F)(F)F)C2)cn1. The van der Waals surface area contributed by atoms with Gasteiger partial charge in [0.15, 0.2) is 0 Å². The van der Waals surface area contributed by atoms with Gasteiger partial charge in [-0.3, -0.25) is 9.48 Å². The van der Waals surface area contributed by atoms with Gasteiger partial charge >= 0.3 is 6.18 Å². The molecular weight excluding hydrogens is 295 g/mol. The number of nitrogens with zero attached hydrogens (tertiary/aromatic N) is 3. The zero-order valence-corrected chi connectivity index (χ0v) is 13.2. The Morgan fingerprint density at radius 3 is 2.64 bits per heavy atom. The summed E-state index contributed by atoms with van der Waals surface area (Å²) < 4.78 is 39.3. The number of likely N-dealkylation sites (tertiary alicyclic amines) is 1. The maximum absolute atomic E-state index is 12.7. The van der Waals surface area contributed by atoms with E-state index in [0.717, 1.165) is 5.56 Å². The van der Waals surface area contributed by atoms with Crippen LogP contribution in [0.4, 0.5) is 13.2 Å². The van der Waals surface area contributed by atoms with E-state index in [9.17, 15) is 18.0 Å². The highest BCUT2D eigenvalue weighted by Crippen LogP contribution is 2.32. The molecule has 1 aromatic rings. The van der Waals surface area contributed by atoms with Crippen molar-refractivity contribution in [3.63, 3.8) is 0 Å². The fourth-order valence-corrected chi connectivity index (χ4v) is 3.01. The number of halogens is 3. The second-order valence-corrected chi connectivity index (χ2v) is 6.61. The van der Waals surface area contributed by atoms with Crippen molar-refractivity contribution >= 4 is 5.91 Å². The van der Waals surface area contributed by atoms with Crippen LogP contribution in [0.3, 0.4) is 0 Å². The Labute approximate surface area is 128 Å². The monoisotopic (exact) mass is 317 g/mol. The molecule has 0 aliphatic carbocycles. The van der Waals surface area contributed by atoms with Crippen LogP contribution in [0.1, 0.15) is 38.7 Å². The zero-order chi connectivity index (χ0) is 16.5. The van der Waals surface area contributed by atoms with Crippen LogP contribution in [-0.2, 0) is 17.3 Å². The predicted octanol–water partition coefficient (Wildman–Crippen LogP) is 2.89. The van der Waals surface area contributed by atoms with Gasteiger partial charge < -0.3 is 4.90 Å². The van der Waals surface area contributed by atoms with Gasteiger partial charge in [-0.1, -0.05) is 0 Å². The highest BCUT2D eigenvalue weighted by molar-refractivity contribution is 5.87. The van der Waals surface area contributed by atoms with Crippen LogP contribution in [0, 0.1) is 5.92 Å². The lowest BCUT2D eigenvalue weighted by Gasteiger charge is -2.37. The molecule has 1 unspecified atom stereocenters. The quantitative estimate of drug-likeness (QED) is 0.860. The molecule has 4 nitrogen and oxygen atoms in total. The van der Waals surface area contributed by atoms with Gasteiger partial charge in [0.1, 0.15) is 0 Å². The van der Waals surface area contributed by atoms with E-state index in [1.165, 1.54) is 0 Å². The summed E-state index contributed by atoms with van der Waals surface area (Å²) in [5.74, 6) is -0.630. The summed E-state index contributed by atoms with van der Waals surface area (Å²) in [4.78, 5) is 14.3. The van der Waals surface area contributed by atoms with Crippen molar-refractivity contribution in [3.8, 4) is 0 Å². The number of hydrogen-bond donors (Lipinski definition) is 0. The molecule has 2 rings (SSSR count). The molecule has 7 heteroatoms. The highest BCUT2D eigenvalue weighted by Gasteiger charge is 2.39. The van der Waals surface area contributed by atoms with Crippen molar-refractivity contribution in [3.05, 3.63) is 18.0 Å². The summed E-state index contributed by atoms with van der Waals surface area (Å²) >= 11 is 0. The Kier molecular flexibility index (Phi) is 4.54. The maximum atomic E-state index is 12.7. The van der Waals surface area contributed by atoms with Crippen LogP contribution >= 0.6 is 0 Å². The fraction of sp³-hybridized carbons (Fsp3) is 0.733. The number of piperidine rings is 1. The Morgan fingerprint density at radius 1 is 1.41 bits per heavy atom.